The van der Waals surface area contributed by atoms with Gasteiger partial charge in [-0.15, -0.1) is 0 Å². The van der Waals surface area contributed by atoms with Gasteiger partial charge in [-0.3, -0.25) is 4.79 Å². The number of anilines is 1. The van der Waals surface area contributed by atoms with Crippen LogP contribution in [0.25, 0.3) is 10.2 Å². The van der Waals surface area contributed by atoms with Crippen LogP contribution < -0.4 is 5.01 Å². The average Bonchev–Trinajstić information content (AvgIpc) is 3.32. The van der Waals surface area contributed by atoms with Crippen LogP contribution in [0.1, 0.15) is 48.2 Å². The molecule has 1 amide bonds. The van der Waals surface area contributed by atoms with E-state index in [0.29, 0.717) is 23.8 Å². The number of benzene rings is 3. The molecule has 7 nitrogen and oxygen atoms in total. The predicted octanol–water partition coefficient (Wildman–Crippen LogP) is 6.86. The number of amides is 1. The number of nitrogens with zero attached hydrogens (tertiary/aromatic N) is 4. The Morgan fingerprint density at radius 1 is 1.00 bits per heavy atom. The molecule has 4 rings (SSSR count). The van der Waals surface area contributed by atoms with Crippen molar-refractivity contribution in [3.63, 3.8) is 0 Å². The van der Waals surface area contributed by atoms with Crippen molar-refractivity contribution >= 4 is 64.8 Å². The number of fused-ring (bicyclic) bond motifs is 1. The van der Waals surface area contributed by atoms with Crippen molar-refractivity contribution in [2.24, 2.45) is 5.10 Å². The molecule has 0 radical (unpaired) electrons. The highest BCUT2D eigenvalue weighted by Gasteiger charge is 2.25. The fraction of sp³-hybridized carbons (Fsp3) is 0.250. The third kappa shape index (κ3) is 6.37. The summed E-state index contributed by atoms with van der Waals surface area (Å²) < 4.78 is 29.7. The van der Waals surface area contributed by atoms with Crippen LogP contribution in [0.4, 0.5) is 5.13 Å². The largest absolute Gasteiger partial charge is 0.280 e. The predicted molar refractivity (Wildman–Crippen MR) is 159 cm³/mol. The van der Waals surface area contributed by atoms with Crippen LogP contribution in [0.3, 0.4) is 0 Å². The third-order valence-corrected chi connectivity index (χ3v) is 9.22. The zero-order valence-electron chi connectivity index (χ0n) is 21.5. The summed E-state index contributed by atoms with van der Waals surface area (Å²) in [6.07, 6.45) is 3.06. The van der Waals surface area contributed by atoms with Crippen LogP contribution in [0, 0.1) is 6.92 Å². The highest BCUT2D eigenvalue weighted by atomic mass is 79.9. The molecule has 0 bridgehead atoms. The van der Waals surface area contributed by atoms with Crippen LogP contribution in [-0.2, 0) is 10.0 Å². The number of sulfonamides is 1. The molecule has 0 aliphatic carbocycles. The van der Waals surface area contributed by atoms with Crippen LogP contribution >= 0.6 is 27.3 Å². The van der Waals surface area contributed by atoms with Gasteiger partial charge < -0.3 is 0 Å². The van der Waals surface area contributed by atoms with E-state index in [9.17, 15) is 13.2 Å². The quantitative estimate of drug-likeness (QED) is 0.145. The number of aromatic nitrogens is 1. The Kier molecular flexibility index (Phi) is 9.09. The molecule has 198 valence electrons. The number of rotatable bonds is 10. The maximum atomic E-state index is 13.7. The number of halogens is 1. The maximum Gasteiger partial charge on any atom is 0.280 e. The lowest BCUT2D eigenvalue weighted by atomic mass is 10.2. The van der Waals surface area contributed by atoms with E-state index < -0.39 is 15.9 Å². The highest BCUT2D eigenvalue weighted by molar-refractivity contribution is 9.10. The van der Waals surface area contributed by atoms with Crippen molar-refractivity contribution in [2.75, 3.05) is 18.1 Å². The minimum Gasteiger partial charge on any atom is -0.267 e. The summed E-state index contributed by atoms with van der Waals surface area (Å²) >= 11 is 4.80. The van der Waals surface area contributed by atoms with Gasteiger partial charge in [0, 0.05) is 23.1 Å². The molecule has 1 aromatic heterocycles. The maximum absolute atomic E-state index is 13.7. The van der Waals surface area contributed by atoms with Crippen LogP contribution in [0.15, 0.2) is 81.2 Å². The lowest BCUT2D eigenvalue weighted by Gasteiger charge is -2.21. The van der Waals surface area contributed by atoms with Crippen molar-refractivity contribution in [1.29, 1.82) is 0 Å². The second-order valence-electron chi connectivity index (χ2n) is 8.81. The van der Waals surface area contributed by atoms with E-state index in [4.69, 9.17) is 0 Å². The first-order chi connectivity index (χ1) is 18.2. The smallest absolute Gasteiger partial charge is 0.267 e. The Hall–Kier alpha value is -2.92. The molecule has 3 aromatic carbocycles. The van der Waals surface area contributed by atoms with E-state index >= 15 is 0 Å². The Labute approximate surface area is 236 Å². The lowest BCUT2D eigenvalue weighted by molar-refractivity contribution is 0.0987. The van der Waals surface area contributed by atoms with E-state index in [0.717, 1.165) is 38.7 Å². The monoisotopic (exact) mass is 612 g/mol. The average molecular weight is 614 g/mol. The summed E-state index contributed by atoms with van der Waals surface area (Å²) in [5.41, 5.74) is 3.00. The van der Waals surface area contributed by atoms with E-state index in [2.05, 4.69) is 26.0 Å². The third-order valence-electron chi connectivity index (χ3n) is 5.78. The molecule has 0 saturated carbocycles. The van der Waals surface area contributed by atoms with E-state index in [1.165, 1.54) is 44.9 Å². The summed E-state index contributed by atoms with van der Waals surface area (Å²) in [7, 11) is -3.65. The number of hydrogen-bond acceptors (Lipinski definition) is 6. The van der Waals surface area contributed by atoms with E-state index in [-0.39, 0.29) is 4.90 Å². The Morgan fingerprint density at radius 2 is 1.66 bits per heavy atom. The van der Waals surface area contributed by atoms with Gasteiger partial charge in [-0.25, -0.2) is 13.4 Å². The van der Waals surface area contributed by atoms with Gasteiger partial charge in [0.25, 0.3) is 5.91 Å². The van der Waals surface area contributed by atoms with Gasteiger partial charge in [0.05, 0.1) is 21.3 Å². The van der Waals surface area contributed by atoms with Crippen molar-refractivity contribution in [3.05, 3.63) is 87.9 Å². The minimum atomic E-state index is -3.65. The summed E-state index contributed by atoms with van der Waals surface area (Å²) in [6.45, 7) is 6.81. The van der Waals surface area contributed by atoms with E-state index in [1.54, 1.807) is 6.21 Å². The molecule has 0 N–H and O–H groups in total. The highest BCUT2D eigenvalue weighted by Crippen LogP contribution is 2.31. The van der Waals surface area contributed by atoms with E-state index in [1.807, 2.05) is 63.2 Å². The first kappa shape index (κ1) is 28.1. The molecular formula is C28H29BrN4O3S2. The molecule has 0 atom stereocenters. The van der Waals surface area contributed by atoms with Crippen molar-refractivity contribution in [2.45, 2.75) is 38.5 Å². The van der Waals surface area contributed by atoms with Crippen molar-refractivity contribution in [1.82, 2.24) is 9.29 Å². The number of carbonyl (C=O) groups is 1. The topological polar surface area (TPSA) is 82.9 Å². The summed E-state index contributed by atoms with van der Waals surface area (Å²) in [5, 5.41) is 6.20. The van der Waals surface area contributed by atoms with Crippen LogP contribution in [0.2, 0.25) is 0 Å². The number of hydrazone groups is 1. The number of aryl methyl sites for hydroxylation is 1. The first-order valence-corrected chi connectivity index (χ1v) is 15.4. The van der Waals surface area contributed by atoms with Gasteiger partial charge in [0.2, 0.25) is 15.2 Å². The van der Waals surface area contributed by atoms with Gasteiger partial charge in [0.1, 0.15) is 0 Å². The molecule has 4 aromatic rings. The van der Waals surface area contributed by atoms with Gasteiger partial charge in [0.15, 0.2) is 0 Å². The Balaban J connectivity index is 1.69. The number of thiazole rings is 1. The molecule has 0 saturated heterocycles. The second kappa shape index (κ2) is 12.3. The molecule has 0 aliphatic rings. The zero-order valence-corrected chi connectivity index (χ0v) is 24.7. The molecule has 1 heterocycles. The standard InChI is InChI=1S/C28H29BrN4O3S2/c1-4-16-32(17-5-2)38(35,36)24-13-9-22(10-14-24)27(34)33(30-19-21-7-11-23(29)12-8-21)28-31-25-15-6-20(3)18-26(25)37-28/h6-15,18-19H,4-5,16-17H2,1-3H3/b30-19+. The molecule has 0 fully saturated rings. The molecule has 0 aliphatic heterocycles. The number of hydrogen-bond donors (Lipinski definition) is 0. The van der Waals surface area contributed by atoms with Gasteiger partial charge >= 0.3 is 0 Å². The van der Waals surface area contributed by atoms with Crippen molar-refractivity contribution < 1.29 is 13.2 Å². The summed E-state index contributed by atoms with van der Waals surface area (Å²) in [4.78, 5) is 18.5. The normalized spacial score (nSPS) is 12.0. The summed E-state index contributed by atoms with van der Waals surface area (Å²) in [5.74, 6) is -0.405. The second-order valence-corrected chi connectivity index (χ2v) is 12.7. The van der Waals surface area contributed by atoms with Gasteiger partial charge in [-0.2, -0.15) is 14.4 Å². The molecule has 10 heteroatoms. The minimum absolute atomic E-state index is 0.163. The first-order valence-electron chi connectivity index (χ1n) is 12.3. The van der Waals surface area contributed by atoms with Crippen molar-refractivity contribution in [3.8, 4) is 0 Å². The Bertz CT molecular complexity index is 1540. The zero-order chi connectivity index (χ0) is 27.3. The summed E-state index contributed by atoms with van der Waals surface area (Å²) in [6, 6.07) is 19.5. The van der Waals surface area contributed by atoms with Gasteiger partial charge in [-0.05, 0) is 79.4 Å². The SMILES string of the molecule is CCCN(CCC)S(=O)(=O)c1ccc(C(=O)N(/N=C/c2ccc(Br)cc2)c2nc3ccc(C)cc3s2)cc1. The lowest BCUT2D eigenvalue weighted by Crippen LogP contribution is -2.32. The molecule has 0 spiro atoms. The van der Waals surface area contributed by atoms with Gasteiger partial charge in [-0.1, -0.05) is 59.3 Å². The molecule has 38 heavy (non-hydrogen) atoms. The fourth-order valence-corrected chi connectivity index (χ4v) is 6.77. The number of carbonyl (C=O) groups excluding carboxylic acids is 1. The molecular weight excluding hydrogens is 584 g/mol. The van der Waals surface area contributed by atoms with Crippen LogP contribution in [-0.4, -0.2) is 42.9 Å². The molecule has 0 unspecified atom stereocenters. The fourth-order valence-electron chi connectivity index (χ4n) is 3.86. The van der Waals surface area contributed by atoms with Crippen LogP contribution in [0.5, 0.6) is 0 Å². The Morgan fingerprint density at radius 3 is 2.29 bits per heavy atom.